The average Bonchev–Trinajstić information content (AvgIpc) is 3.04. The number of hydrogen-bond acceptors (Lipinski definition) is 5. The van der Waals surface area contributed by atoms with Crippen molar-refractivity contribution in [2.75, 3.05) is 6.54 Å². The average molecular weight is 448 g/mol. The van der Waals surface area contributed by atoms with E-state index in [1.54, 1.807) is 0 Å². The second-order valence-corrected chi connectivity index (χ2v) is 8.72. The Morgan fingerprint density at radius 1 is 1.06 bits per heavy atom. The summed E-state index contributed by atoms with van der Waals surface area (Å²) in [6.45, 7) is -0.362. The standard InChI is InChI=1S/C25H37NO6/c27-19(13-12-18-8-4-3-5-9-18)14-15-21-20(22(28)16-23(21)29)10-6-1-2-7-11-24(30)26-17-25(31)32/h1,3-6,8-9,19-23,27-29H,2,7,10-17H2,(H,26,30)(H,31,32)/b6-1-/t19-,20+,21+,22-,23+/m0/s1. The van der Waals surface area contributed by atoms with Gasteiger partial charge in [-0.1, -0.05) is 42.5 Å². The zero-order valence-electron chi connectivity index (χ0n) is 18.6. The van der Waals surface area contributed by atoms with Crippen molar-refractivity contribution >= 4 is 11.9 Å². The number of carbonyl (C=O) groups excluding carboxylic acids is 1. The number of aliphatic hydroxyl groups is 3. The van der Waals surface area contributed by atoms with Gasteiger partial charge in [-0.2, -0.15) is 0 Å². The molecule has 1 aromatic rings. The van der Waals surface area contributed by atoms with Crippen molar-refractivity contribution in [3.63, 3.8) is 0 Å². The molecular weight excluding hydrogens is 410 g/mol. The van der Waals surface area contributed by atoms with Gasteiger partial charge < -0.3 is 25.7 Å². The second-order valence-electron chi connectivity index (χ2n) is 8.72. The van der Waals surface area contributed by atoms with Gasteiger partial charge in [-0.15, -0.1) is 0 Å². The molecule has 1 fully saturated rings. The predicted molar refractivity (Wildman–Crippen MR) is 122 cm³/mol. The maximum absolute atomic E-state index is 11.5. The molecule has 1 saturated carbocycles. The summed E-state index contributed by atoms with van der Waals surface area (Å²) >= 11 is 0. The first-order valence-corrected chi connectivity index (χ1v) is 11.6. The molecule has 0 aliphatic heterocycles. The molecule has 178 valence electrons. The number of carboxylic acids is 1. The van der Waals surface area contributed by atoms with Gasteiger partial charge in [0, 0.05) is 6.42 Å². The maximum Gasteiger partial charge on any atom is 0.322 e. The molecule has 5 N–H and O–H groups in total. The van der Waals surface area contributed by atoms with Crippen molar-refractivity contribution in [1.82, 2.24) is 5.32 Å². The summed E-state index contributed by atoms with van der Waals surface area (Å²) in [4.78, 5) is 21.9. The van der Waals surface area contributed by atoms with Gasteiger partial charge in [-0.3, -0.25) is 9.59 Å². The number of aliphatic carboxylic acids is 1. The molecule has 0 radical (unpaired) electrons. The van der Waals surface area contributed by atoms with Crippen molar-refractivity contribution in [3.8, 4) is 0 Å². The van der Waals surface area contributed by atoms with Gasteiger partial charge in [0.2, 0.25) is 5.91 Å². The Kier molecular flexibility index (Phi) is 11.4. The molecule has 1 aliphatic carbocycles. The lowest BCUT2D eigenvalue weighted by Gasteiger charge is -2.23. The van der Waals surface area contributed by atoms with Gasteiger partial charge >= 0.3 is 5.97 Å². The Hall–Kier alpha value is -2.22. The summed E-state index contributed by atoms with van der Waals surface area (Å²) in [6.07, 6.45) is 7.79. The van der Waals surface area contributed by atoms with Crippen molar-refractivity contribution in [1.29, 1.82) is 0 Å². The van der Waals surface area contributed by atoms with E-state index in [0.29, 0.717) is 44.9 Å². The number of allylic oxidation sites excluding steroid dienone is 2. The fraction of sp³-hybridized carbons (Fsp3) is 0.600. The molecule has 7 heteroatoms. The third-order valence-electron chi connectivity index (χ3n) is 6.25. The zero-order valence-corrected chi connectivity index (χ0v) is 18.6. The predicted octanol–water partition coefficient (Wildman–Crippen LogP) is 2.44. The Morgan fingerprint density at radius 3 is 2.50 bits per heavy atom. The van der Waals surface area contributed by atoms with E-state index in [1.165, 1.54) is 5.56 Å². The van der Waals surface area contributed by atoms with Crippen LogP contribution in [0.2, 0.25) is 0 Å². The summed E-state index contributed by atoms with van der Waals surface area (Å²) in [6, 6.07) is 10.1. The van der Waals surface area contributed by atoms with Crippen LogP contribution >= 0.6 is 0 Å². The number of amides is 1. The molecule has 0 heterocycles. The molecule has 0 unspecified atom stereocenters. The number of aliphatic hydroxyl groups excluding tert-OH is 3. The van der Waals surface area contributed by atoms with Crippen LogP contribution in [0.15, 0.2) is 42.5 Å². The van der Waals surface area contributed by atoms with E-state index in [1.807, 2.05) is 30.4 Å². The number of unbranched alkanes of at least 4 members (excludes halogenated alkanes) is 1. The first-order valence-electron chi connectivity index (χ1n) is 11.6. The minimum Gasteiger partial charge on any atom is -0.480 e. The minimum atomic E-state index is -1.06. The van der Waals surface area contributed by atoms with E-state index in [9.17, 15) is 24.9 Å². The normalized spacial score (nSPS) is 24.0. The highest BCUT2D eigenvalue weighted by Crippen LogP contribution is 2.38. The van der Waals surface area contributed by atoms with Gasteiger partial charge in [-0.25, -0.2) is 0 Å². The van der Waals surface area contributed by atoms with Crippen LogP contribution in [0.25, 0.3) is 0 Å². The molecule has 7 nitrogen and oxygen atoms in total. The highest BCUT2D eigenvalue weighted by atomic mass is 16.4. The largest absolute Gasteiger partial charge is 0.480 e. The zero-order chi connectivity index (χ0) is 23.3. The highest BCUT2D eigenvalue weighted by Gasteiger charge is 2.40. The van der Waals surface area contributed by atoms with E-state index < -0.39 is 24.3 Å². The van der Waals surface area contributed by atoms with Gasteiger partial charge in [0.15, 0.2) is 0 Å². The molecule has 0 spiro atoms. The van der Waals surface area contributed by atoms with E-state index >= 15 is 0 Å². The summed E-state index contributed by atoms with van der Waals surface area (Å²) in [5.74, 6) is -1.42. The number of rotatable bonds is 14. The number of nitrogens with one attached hydrogen (secondary N) is 1. The minimum absolute atomic E-state index is 0.0391. The van der Waals surface area contributed by atoms with Crippen LogP contribution in [0, 0.1) is 11.8 Å². The highest BCUT2D eigenvalue weighted by molar-refractivity contribution is 5.80. The third kappa shape index (κ3) is 9.51. The Morgan fingerprint density at radius 2 is 1.78 bits per heavy atom. The van der Waals surface area contributed by atoms with Crippen LogP contribution in [0.4, 0.5) is 0 Å². The smallest absolute Gasteiger partial charge is 0.322 e. The van der Waals surface area contributed by atoms with Crippen LogP contribution in [-0.4, -0.2) is 57.2 Å². The Labute approximate surface area is 190 Å². The van der Waals surface area contributed by atoms with E-state index in [-0.39, 0.29) is 30.7 Å². The summed E-state index contributed by atoms with van der Waals surface area (Å²) < 4.78 is 0. The van der Waals surface area contributed by atoms with Crippen LogP contribution in [0.5, 0.6) is 0 Å². The fourth-order valence-electron chi connectivity index (χ4n) is 4.43. The van der Waals surface area contributed by atoms with Gasteiger partial charge in [-0.05, 0) is 68.8 Å². The lowest BCUT2D eigenvalue weighted by Crippen LogP contribution is -2.28. The lowest BCUT2D eigenvalue weighted by atomic mass is 9.85. The van der Waals surface area contributed by atoms with Crippen molar-refractivity contribution < 1.29 is 30.0 Å². The molecule has 0 bridgehead atoms. The topological polar surface area (TPSA) is 127 Å². The number of aryl methyl sites for hydroxylation is 1. The molecule has 1 amide bonds. The molecule has 1 aliphatic rings. The molecule has 5 atom stereocenters. The van der Waals surface area contributed by atoms with Crippen molar-refractivity contribution in [3.05, 3.63) is 48.0 Å². The number of hydrogen-bond donors (Lipinski definition) is 5. The molecule has 32 heavy (non-hydrogen) atoms. The molecule has 0 saturated heterocycles. The molecular formula is C25H37NO6. The second kappa shape index (κ2) is 14.0. The SMILES string of the molecule is O=C(O)CNC(=O)CCC/C=C\C[C@@H]1[C@@H](CC[C@@H](O)CCc2ccccc2)[C@H](O)C[C@@H]1O. The van der Waals surface area contributed by atoms with Crippen LogP contribution in [-0.2, 0) is 16.0 Å². The quantitative estimate of drug-likeness (QED) is 0.220. The van der Waals surface area contributed by atoms with Gasteiger partial charge in [0.05, 0.1) is 18.3 Å². The van der Waals surface area contributed by atoms with Crippen molar-refractivity contribution in [2.24, 2.45) is 11.8 Å². The number of carboxylic acid groups (broad SMARTS) is 1. The molecule has 0 aromatic heterocycles. The van der Waals surface area contributed by atoms with E-state index in [0.717, 1.165) is 6.42 Å². The lowest BCUT2D eigenvalue weighted by molar-refractivity contribution is -0.137. The summed E-state index contributed by atoms with van der Waals surface area (Å²) in [5, 5.41) is 42.0. The maximum atomic E-state index is 11.5. The van der Waals surface area contributed by atoms with Crippen LogP contribution < -0.4 is 5.32 Å². The fourth-order valence-corrected chi connectivity index (χ4v) is 4.43. The van der Waals surface area contributed by atoms with E-state index in [4.69, 9.17) is 5.11 Å². The Bertz CT molecular complexity index is 722. The first kappa shape index (κ1) is 26.0. The first-order chi connectivity index (χ1) is 15.4. The van der Waals surface area contributed by atoms with Crippen LogP contribution in [0.3, 0.4) is 0 Å². The molecule has 2 rings (SSSR count). The van der Waals surface area contributed by atoms with Gasteiger partial charge in [0.25, 0.3) is 0 Å². The summed E-state index contributed by atoms with van der Waals surface area (Å²) in [5.41, 5.74) is 1.20. The monoisotopic (exact) mass is 447 g/mol. The number of benzene rings is 1. The number of carbonyl (C=O) groups is 2. The Balaban J connectivity index is 1.69. The summed E-state index contributed by atoms with van der Waals surface area (Å²) in [7, 11) is 0. The third-order valence-corrected chi connectivity index (χ3v) is 6.25. The van der Waals surface area contributed by atoms with Gasteiger partial charge in [0.1, 0.15) is 6.54 Å². The van der Waals surface area contributed by atoms with Crippen molar-refractivity contribution in [2.45, 2.75) is 76.1 Å². The molecule has 1 aromatic carbocycles. The van der Waals surface area contributed by atoms with Crippen LogP contribution in [0.1, 0.15) is 56.9 Å². The van der Waals surface area contributed by atoms with E-state index in [2.05, 4.69) is 17.4 Å².